The summed E-state index contributed by atoms with van der Waals surface area (Å²) in [6.45, 7) is 8.91. The van der Waals surface area contributed by atoms with Crippen LogP contribution in [0.1, 0.15) is 49.0 Å². The fourth-order valence-electron chi connectivity index (χ4n) is 2.06. The summed E-state index contributed by atoms with van der Waals surface area (Å²) in [7, 11) is 0. The maximum atomic E-state index is 11.8. The van der Waals surface area contributed by atoms with E-state index < -0.39 is 17.6 Å². The maximum Gasteiger partial charge on any atom is 0.407 e. The summed E-state index contributed by atoms with van der Waals surface area (Å²) in [5, 5.41) is 5.35. The van der Waals surface area contributed by atoms with Gasteiger partial charge in [0.2, 0.25) is 5.89 Å². The van der Waals surface area contributed by atoms with Gasteiger partial charge in [-0.1, -0.05) is 0 Å². The number of hydrogen-bond donors (Lipinski definition) is 2. The Morgan fingerprint density at radius 3 is 2.64 bits per heavy atom. The molecule has 0 aliphatic heterocycles. The number of alkyl carbamates (subject to hydrolysis) is 1. The molecule has 0 bridgehead atoms. The number of ether oxygens (including phenoxy) is 1. The van der Waals surface area contributed by atoms with E-state index in [0.29, 0.717) is 17.9 Å². The third-order valence-corrected chi connectivity index (χ3v) is 3.92. The number of nitrogens with zero attached hydrogens (tertiary/aromatic N) is 2. The highest BCUT2D eigenvalue weighted by molar-refractivity contribution is 7.09. The molecule has 0 unspecified atom stereocenters. The number of primary amides is 1. The summed E-state index contributed by atoms with van der Waals surface area (Å²) in [5.41, 5.74) is 5.32. The van der Waals surface area contributed by atoms with Crippen LogP contribution in [-0.4, -0.2) is 33.6 Å². The van der Waals surface area contributed by atoms with Gasteiger partial charge in [0.05, 0.1) is 5.01 Å². The Hall–Kier alpha value is -2.42. The molecule has 25 heavy (non-hydrogen) atoms. The molecule has 0 fully saturated rings. The van der Waals surface area contributed by atoms with Gasteiger partial charge in [0.15, 0.2) is 5.69 Å². The highest BCUT2D eigenvalue weighted by atomic mass is 32.1. The molecule has 0 aliphatic carbocycles. The van der Waals surface area contributed by atoms with Crippen molar-refractivity contribution < 1.29 is 18.7 Å². The number of aryl methyl sites for hydroxylation is 1. The number of oxazole rings is 1. The molecule has 0 saturated heterocycles. The van der Waals surface area contributed by atoms with E-state index in [9.17, 15) is 9.59 Å². The van der Waals surface area contributed by atoms with E-state index in [1.54, 1.807) is 12.3 Å². The van der Waals surface area contributed by atoms with Crippen molar-refractivity contribution in [1.82, 2.24) is 15.3 Å². The van der Waals surface area contributed by atoms with Crippen molar-refractivity contribution in [2.75, 3.05) is 0 Å². The molecule has 0 radical (unpaired) electrons. The number of rotatable bonds is 5. The molecule has 3 N–H and O–H groups in total. The molecule has 0 saturated carbocycles. The van der Waals surface area contributed by atoms with Gasteiger partial charge in [-0.2, -0.15) is 0 Å². The first-order valence-corrected chi connectivity index (χ1v) is 8.64. The van der Waals surface area contributed by atoms with Crippen molar-refractivity contribution in [2.24, 2.45) is 5.73 Å². The average molecular weight is 366 g/mol. The molecule has 0 aromatic carbocycles. The summed E-state index contributed by atoms with van der Waals surface area (Å²) in [6, 6.07) is -0.152. The second-order valence-corrected chi connectivity index (χ2v) is 7.61. The quantitative estimate of drug-likeness (QED) is 0.839. The van der Waals surface area contributed by atoms with Crippen LogP contribution in [0, 0.1) is 6.92 Å². The van der Waals surface area contributed by atoms with Crippen LogP contribution in [-0.2, 0) is 11.2 Å². The standard InChI is InChI=1S/C16H22N4O4S/c1-8(18-15(22)24-16(3,4)5)6-11-19-10(7-25-11)14-20-12(13(17)21)9(2)23-14/h7-8H,6H2,1-5H3,(H2,17,21)(H,18,22)/t8-/m0/s1. The minimum atomic E-state index is -0.641. The van der Waals surface area contributed by atoms with Gasteiger partial charge in [-0.15, -0.1) is 11.3 Å². The number of nitrogens with one attached hydrogen (secondary N) is 1. The summed E-state index contributed by atoms with van der Waals surface area (Å²) in [5.74, 6) is -0.0308. The van der Waals surface area contributed by atoms with Gasteiger partial charge in [0.25, 0.3) is 5.91 Å². The van der Waals surface area contributed by atoms with Gasteiger partial charge < -0.3 is 20.2 Å². The first-order valence-electron chi connectivity index (χ1n) is 7.76. The molecule has 136 valence electrons. The van der Waals surface area contributed by atoms with Crippen LogP contribution in [0.15, 0.2) is 9.80 Å². The van der Waals surface area contributed by atoms with Gasteiger partial charge in [0, 0.05) is 17.8 Å². The number of amides is 2. The first-order chi connectivity index (χ1) is 11.5. The van der Waals surface area contributed by atoms with Crippen LogP contribution in [0.3, 0.4) is 0 Å². The van der Waals surface area contributed by atoms with E-state index in [-0.39, 0.29) is 17.6 Å². The molecule has 8 nitrogen and oxygen atoms in total. The highest BCUT2D eigenvalue weighted by Gasteiger charge is 2.20. The van der Waals surface area contributed by atoms with Crippen LogP contribution < -0.4 is 11.1 Å². The minimum Gasteiger partial charge on any atom is -0.444 e. The highest BCUT2D eigenvalue weighted by Crippen LogP contribution is 2.24. The van der Waals surface area contributed by atoms with E-state index in [0.717, 1.165) is 5.01 Å². The van der Waals surface area contributed by atoms with Crippen molar-refractivity contribution in [2.45, 2.75) is 52.7 Å². The van der Waals surface area contributed by atoms with E-state index >= 15 is 0 Å². The Labute approximate surface area is 149 Å². The zero-order valence-corrected chi connectivity index (χ0v) is 15.7. The second-order valence-electron chi connectivity index (χ2n) is 6.67. The molecule has 2 heterocycles. The Morgan fingerprint density at radius 2 is 2.08 bits per heavy atom. The van der Waals surface area contributed by atoms with Crippen LogP contribution in [0.5, 0.6) is 0 Å². The third kappa shape index (κ3) is 5.28. The number of nitrogens with two attached hydrogens (primary N) is 1. The summed E-state index contributed by atoms with van der Waals surface area (Å²) in [6.07, 6.45) is 0.0675. The monoisotopic (exact) mass is 366 g/mol. The maximum absolute atomic E-state index is 11.8. The van der Waals surface area contributed by atoms with E-state index in [2.05, 4.69) is 15.3 Å². The largest absolute Gasteiger partial charge is 0.444 e. The van der Waals surface area contributed by atoms with Crippen molar-refractivity contribution in [3.8, 4) is 11.6 Å². The van der Waals surface area contributed by atoms with Crippen LogP contribution in [0.25, 0.3) is 11.6 Å². The second kappa shape index (κ2) is 7.22. The van der Waals surface area contributed by atoms with Crippen LogP contribution >= 0.6 is 11.3 Å². The zero-order valence-electron chi connectivity index (χ0n) is 14.9. The lowest BCUT2D eigenvalue weighted by molar-refractivity contribution is 0.0508. The van der Waals surface area contributed by atoms with Gasteiger partial charge >= 0.3 is 6.09 Å². The number of carbonyl (C=O) groups is 2. The fourth-order valence-corrected chi connectivity index (χ4v) is 2.96. The molecule has 1 atom stereocenters. The summed E-state index contributed by atoms with van der Waals surface area (Å²) in [4.78, 5) is 31.5. The Balaban J connectivity index is 2.00. The van der Waals surface area contributed by atoms with Gasteiger partial charge in [-0.25, -0.2) is 14.8 Å². The SMILES string of the molecule is Cc1oc(-c2csc(C[C@H](C)NC(=O)OC(C)(C)C)n2)nc1C(N)=O. The lowest BCUT2D eigenvalue weighted by Crippen LogP contribution is -2.38. The molecule has 2 aromatic heterocycles. The van der Waals surface area contributed by atoms with Crippen molar-refractivity contribution in [1.29, 1.82) is 0 Å². The smallest absolute Gasteiger partial charge is 0.407 e. The lowest BCUT2D eigenvalue weighted by Gasteiger charge is -2.21. The van der Waals surface area contributed by atoms with Gasteiger partial charge in [-0.3, -0.25) is 4.79 Å². The average Bonchev–Trinajstić information content (AvgIpc) is 3.02. The number of aromatic nitrogens is 2. The third-order valence-electron chi connectivity index (χ3n) is 3.04. The topological polar surface area (TPSA) is 120 Å². The fraction of sp³-hybridized carbons (Fsp3) is 0.500. The Kier molecular flexibility index (Phi) is 5.46. The van der Waals surface area contributed by atoms with Gasteiger partial charge in [0.1, 0.15) is 17.1 Å². The molecule has 2 amide bonds. The normalized spacial score (nSPS) is 12.7. The summed E-state index contributed by atoms with van der Waals surface area (Å²) >= 11 is 1.42. The number of hydrogen-bond acceptors (Lipinski definition) is 7. The molecular formula is C16H22N4O4S. The predicted octanol–water partition coefficient (Wildman–Crippen LogP) is 2.66. The minimum absolute atomic E-state index is 0.101. The van der Waals surface area contributed by atoms with E-state index in [1.807, 2.05) is 27.7 Å². The zero-order chi connectivity index (χ0) is 18.8. The van der Waals surface area contributed by atoms with Crippen LogP contribution in [0.2, 0.25) is 0 Å². The Morgan fingerprint density at radius 1 is 1.40 bits per heavy atom. The molecule has 0 spiro atoms. The molecule has 2 aromatic rings. The molecule has 9 heteroatoms. The van der Waals surface area contributed by atoms with Crippen molar-refractivity contribution in [3.63, 3.8) is 0 Å². The number of carbonyl (C=O) groups excluding carboxylic acids is 2. The summed E-state index contributed by atoms with van der Waals surface area (Å²) < 4.78 is 10.7. The van der Waals surface area contributed by atoms with Gasteiger partial charge in [-0.05, 0) is 34.6 Å². The Bertz CT molecular complexity index is 775. The van der Waals surface area contributed by atoms with Crippen LogP contribution in [0.4, 0.5) is 4.79 Å². The predicted molar refractivity (Wildman–Crippen MR) is 93.4 cm³/mol. The van der Waals surface area contributed by atoms with E-state index in [1.165, 1.54) is 11.3 Å². The van der Waals surface area contributed by atoms with Crippen molar-refractivity contribution >= 4 is 23.3 Å². The van der Waals surface area contributed by atoms with E-state index in [4.69, 9.17) is 14.9 Å². The van der Waals surface area contributed by atoms with Crippen molar-refractivity contribution in [3.05, 3.63) is 21.8 Å². The number of thiazole rings is 1. The molecule has 0 aliphatic rings. The molecule has 2 rings (SSSR count). The molecular weight excluding hydrogens is 344 g/mol. The first kappa shape index (κ1) is 18.9. The lowest BCUT2D eigenvalue weighted by atomic mass is 10.2.